The average Bonchev–Trinajstić information content (AvgIpc) is 2.38. The van der Waals surface area contributed by atoms with Gasteiger partial charge in [-0.1, -0.05) is 0 Å². The highest BCUT2D eigenvalue weighted by Gasteiger charge is 2.27. The van der Waals surface area contributed by atoms with E-state index in [4.69, 9.17) is 9.47 Å². The Balaban J connectivity index is 1.64. The maximum atomic E-state index is 11.8. The van der Waals surface area contributed by atoms with Crippen molar-refractivity contribution < 1.29 is 14.3 Å². The predicted octanol–water partition coefficient (Wildman–Crippen LogP) is -0.798. The van der Waals surface area contributed by atoms with E-state index in [0.717, 1.165) is 32.8 Å². The van der Waals surface area contributed by atoms with E-state index in [1.807, 2.05) is 0 Å². The van der Waals surface area contributed by atoms with Gasteiger partial charge in [0, 0.05) is 39.3 Å². The van der Waals surface area contributed by atoms with E-state index in [2.05, 4.69) is 29.4 Å². The largest absolute Gasteiger partial charge is 0.373 e. The third kappa shape index (κ3) is 4.72. The molecule has 0 aromatic rings. The van der Waals surface area contributed by atoms with Crippen molar-refractivity contribution in [1.29, 1.82) is 0 Å². The van der Waals surface area contributed by atoms with Gasteiger partial charge in [-0.05, 0) is 13.8 Å². The van der Waals surface area contributed by atoms with Gasteiger partial charge < -0.3 is 20.1 Å². The maximum absolute atomic E-state index is 11.8. The van der Waals surface area contributed by atoms with Crippen molar-refractivity contribution in [2.45, 2.75) is 25.6 Å². The van der Waals surface area contributed by atoms with Crippen LogP contribution < -0.4 is 10.6 Å². The van der Waals surface area contributed by atoms with Crippen LogP contribution in [-0.2, 0) is 14.3 Å². The van der Waals surface area contributed by atoms with Gasteiger partial charge in [0.2, 0.25) is 0 Å². The summed E-state index contributed by atoms with van der Waals surface area (Å²) in [4.78, 5) is 14.2. The highest BCUT2D eigenvalue weighted by atomic mass is 16.5. The summed E-state index contributed by atoms with van der Waals surface area (Å²) in [5, 5.41) is 6.09. The number of nitrogens with zero attached hydrogens (tertiary/aromatic N) is 1. The zero-order valence-electron chi connectivity index (χ0n) is 11.9. The second-order valence-corrected chi connectivity index (χ2v) is 5.74. The maximum Gasteiger partial charge on any atom is 0.250 e. The smallest absolute Gasteiger partial charge is 0.250 e. The minimum absolute atomic E-state index is 0.0141. The molecule has 6 heteroatoms. The quantitative estimate of drug-likeness (QED) is 0.701. The Morgan fingerprint density at radius 1 is 1.47 bits per heavy atom. The minimum Gasteiger partial charge on any atom is -0.373 e. The standard InChI is InChI=1S/C13H25N3O3/c1-13(2)10-16(6-8-19-13)5-3-15-12(17)11-9-14-4-7-18-11/h11,14H,3-10H2,1-2H3,(H,15,17). The van der Waals surface area contributed by atoms with Gasteiger partial charge in [0.25, 0.3) is 5.91 Å². The Hall–Kier alpha value is -0.690. The molecule has 0 aromatic carbocycles. The number of morpholine rings is 2. The van der Waals surface area contributed by atoms with Crippen molar-refractivity contribution in [3.63, 3.8) is 0 Å². The Labute approximate surface area is 114 Å². The zero-order valence-corrected chi connectivity index (χ0v) is 11.9. The molecule has 2 N–H and O–H groups in total. The van der Waals surface area contributed by atoms with E-state index >= 15 is 0 Å². The van der Waals surface area contributed by atoms with E-state index in [-0.39, 0.29) is 17.6 Å². The summed E-state index contributed by atoms with van der Waals surface area (Å²) in [6.07, 6.45) is -0.338. The first-order valence-electron chi connectivity index (χ1n) is 7.03. The summed E-state index contributed by atoms with van der Waals surface area (Å²) in [6.45, 7) is 10.4. The molecule has 1 unspecified atom stereocenters. The van der Waals surface area contributed by atoms with Crippen LogP contribution in [0.25, 0.3) is 0 Å². The number of rotatable bonds is 4. The Morgan fingerprint density at radius 3 is 3.00 bits per heavy atom. The number of carbonyl (C=O) groups is 1. The molecule has 2 saturated heterocycles. The van der Waals surface area contributed by atoms with Gasteiger partial charge >= 0.3 is 0 Å². The minimum atomic E-state index is -0.338. The Morgan fingerprint density at radius 2 is 2.32 bits per heavy atom. The Bertz CT molecular complexity index is 304. The number of nitrogens with one attached hydrogen (secondary N) is 2. The molecule has 2 rings (SSSR count). The molecule has 2 heterocycles. The molecule has 2 aliphatic heterocycles. The highest BCUT2D eigenvalue weighted by molar-refractivity contribution is 5.81. The molecule has 0 bridgehead atoms. The van der Waals surface area contributed by atoms with Crippen molar-refractivity contribution in [3.05, 3.63) is 0 Å². The fourth-order valence-electron chi connectivity index (χ4n) is 2.49. The number of ether oxygens (including phenoxy) is 2. The van der Waals surface area contributed by atoms with Crippen molar-refractivity contribution >= 4 is 5.91 Å². The van der Waals surface area contributed by atoms with Gasteiger partial charge in [0.05, 0.1) is 18.8 Å². The summed E-state index contributed by atoms with van der Waals surface area (Å²) in [6, 6.07) is 0. The second kappa shape index (κ2) is 6.65. The summed E-state index contributed by atoms with van der Waals surface area (Å²) < 4.78 is 11.1. The van der Waals surface area contributed by atoms with Crippen LogP contribution in [0.5, 0.6) is 0 Å². The predicted molar refractivity (Wildman–Crippen MR) is 72.1 cm³/mol. The molecule has 19 heavy (non-hydrogen) atoms. The summed E-state index contributed by atoms with van der Waals surface area (Å²) >= 11 is 0. The van der Waals surface area contributed by atoms with Gasteiger partial charge in [-0.2, -0.15) is 0 Å². The van der Waals surface area contributed by atoms with Crippen molar-refractivity contribution in [3.8, 4) is 0 Å². The average molecular weight is 271 g/mol. The normalized spacial score (nSPS) is 28.0. The first-order valence-corrected chi connectivity index (χ1v) is 7.03. The molecular formula is C13H25N3O3. The van der Waals surface area contributed by atoms with Crippen molar-refractivity contribution in [2.75, 3.05) is 52.5 Å². The number of hydrogen-bond donors (Lipinski definition) is 2. The first-order chi connectivity index (χ1) is 9.07. The Kier molecular flexibility index (Phi) is 5.15. The molecule has 1 amide bonds. The fraction of sp³-hybridized carbons (Fsp3) is 0.923. The van der Waals surface area contributed by atoms with Gasteiger partial charge in [0.15, 0.2) is 0 Å². The van der Waals surface area contributed by atoms with Crippen LogP contribution in [0.2, 0.25) is 0 Å². The van der Waals surface area contributed by atoms with E-state index in [1.165, 1.54) is 0 Å². The lowest BCUT2D eigenvalue weighted by Crippen LogP contribution is -2.52. The topological polar surface area (TPSA) is 62.8 Å². The van der Waals surface area contributed by atoms with E-state index in [0.29, 0.717) is 19.7 Å². The highest BCUT2D eigenvalue weighted by Crippen LogP contribution is 2.15. The zero-order chi connectivity index (χ0) is 13.7. The van der Waals surface area contributed by atoms with Crippen LogP contribution in [0.15, 0.2) is 0 Å². The molecule has 2 aliphatic rings. The fourth-order valence-corrected chi connectivity index (χ4v) is 2.49. The van der Waals surface area contributed by atoms with Gasteiger partial charge in [-0.3, -0.25) is 9.69 Å². The summed E-state index contributed by atoms with van der Waals surface area (Å²) in [5.41, 5.74) is -0.0847. The first kappa shape index (κ1) is 14.7. The molecular weight excluding hydrogens is 246 g/mol. The van der Waals surface area contributed by atoms with Crippen molar-refractivity contribution in [1.82, 2.24) is 15.5 Å². The van der Waals surface area contributed by atoms with E-state index in [9.17, 15) is 4.79 Å². The van der Waals surface area contributed by atoms with Gasteiger partial charge in [-0.15, -0.1) is 0 Å². The SMILES string of the molecule is CC1(C)CN(CCNC(=O)C2CNCCO2)CCO1. The van der Waals surface area contributed by atoms with Crippen LogP contribution >= 0.6 is 0 Å². The lowest BCUT2D eigenvalue weighted by Gasteiger charge is -2.38. The van der Waals surface area contributed by atoms with Crippen LogP contribution in [0.3, 0.4) is 0 Å². The molecule has 1 atom stereocenters. The van der Waals surface area contributed by atoms with Crippen LogP contribution in [0.1, 0.15) is 13.8 Å². The van der Waals surface area contributed by atoms with E-state index < -0.39 is 0 Å². The number of amides is 1. The monoisotopic (exact) mass is 271 g/mol. The molecule has 0 saturated carbocycles. The van der Waals surface area contributed by atoms with Crippen LogP contribution in [-0.4, -0.2) is 75.0 Å². The third-order valence-corrected chi connectivity index (χ3v) is 3.45. The van der Waals surface area contributed by atoms with Gasteiger partial charge in [0.1, 0.15) is 6.10 Å². The van der Waals surface area contributed by atoms with Crippen LogP contribution in [0, 0.1) is 0 Å². The lowest BCUT2D eigenvalue weighted by atomic mass is 10.1. The third-order valence-electron chi connectivity index (χ3n) is 3.45. The molecule has 0 spiro atoms. The van der Waals surface area contributed by atoms with Gasteiger partial charge in [-0.25, -0.2) is 0 Å². The number of hydrogen-bond acceptors (Lipinski definition) is 5. The second-order valence-electron chi connectivity index (χ2n) is 5.74. The van der Waals surface area contributed by atoms with Crippen LogP contribution in [0.4, 0.5) is 0 Å². The molecule has 2 fully saturated rings. The number of carbonyl (C=O) groups excluding carboxylic acids is 1. The molecule has 0 aliphatic carbocycles. The molecule has 0 aromatic heterocycles. The van der Waals surface area contributed by atoms with Crippen molar-refractivity contribution in [2.24, 2.45) is 0 Å². The lowest BCUT2D eigenvalue weighted by molar-refractivity contribution is -0.134. The van der Waals surface area contributed by atoms with E-state index in [1.54, 1.807) is 0 Å². The summed E-state index contributed by atoms with van der Waals surface area (Å²) in [7, 11) is 0. The molecule has 0 radical (unpaired) electrons. The summed E-state index contributed by atoms with van der Waals surface area (Å²) in [5.74, 6) is -0.0141. The molecule has 6 nitrogen and oxygen atoms in total. The molecule has 110 valence electrons.